The minimum absolute atomic E-state index is 0.446. The second kappa shape index (κ2) is 7.27. The number of benzene rings is 2. The standard InChI is InChI=1S/C14H14BNO3.C2H6/c16-8-10-1-4-12(5-2-10)19-13-6-3-11-9-18-15(17)14(11)7-13;1-2/h1-7,17H,8-9,16H2;1-2H3. The Bertz CT molecular complexity index is 587. The van der Waals surface area contributed by atoms with Crippen molar-refractivity contribution in [1.82, 2.24) is 0 Å². The fraction of sp³-hybridized carbons (Fsp3) is 0.250. The monoisotopic (exact) mass is 285 g/mol. The van der Waals surface area contributed by atoms with E-state index in [1.165, 1.54) is 0 Å². The maximum atomic E-state index is 9.65. The third-order valence-electron chi connectivity index (χ3n) is 3.17. The lowest BCUT2D eigenvalue weighted by molar-refractivity contribution is 0.275. The molecule has 0 spiro atoms. The molecule has 3 rings (SSSR count). The Morgan fingerprint density at radius 3 is 2.48 bits per heavy atom. The summed E-state index contributed by atoms with van der Waals surface area (Å²) in [6, 6.07) is 13.2. The van der Waals surface area contributed by atoms with Crippen LogP contribution in [0.2, 0.25) is 0 Å². The molecule has 0 aromatic heterocycles. The fourth-order valence-corrected chi connectivity index (χ4v) is 2.09. The van der Waals surface area contributed by atoms with E-state index in [4.69, 9.17) is 15.1 Å². The maximum absolute atomic E-state index is 9.65. The van der Waals surface area contributed by atoms with E-state index in [2.05, 4.69) is 0 Å². The first-order valence-corrected chi connectivity index (χ1v) is 7.15. The van der Waals surface area contributed by atoms with E-state index in [9.17, 15) is 5.02 Å². The second-order valence-electron chi connectivity index (χ2n) is 4.47. The Morgan fingerprint density at radius 1 is 1.14 bits per heavy atom. The van der Waals surface area contributed by atoms with Gasteiger partial charge in [0.25, 0.3) is 0 Å². The van der Waals surface area contributed by atoms with Gasteiger partial charge in [0.05, 0.1) is 6.61 Å². The van der Waals surface area contributed by atoms with Crippen LogP contribution in [-0.4, -0.2) is 12.1 Å². The Hall–Kier alpha value is -1.82. The van der Waals surface area contributed by atoms with Crippen LogP contribution in [0.3, 0.4) is 0 Å². The molecular formula is C16H20BNO3. The van der Waals surface area contributed by atoms with Gasteiger partial charge in [-0.2, -0.15) is 0 Å². The molecule has 110 valence electrons. The summed E-state index contributed by atoms with van der Waals surface area (Å²) in [5.74, 6) is 1.43. The number of hydrogen-bond acceptors (Lipinski definition) is 4. The smallest absolute Gasteiger partial charge is 0.457 e. The average Bonchev–Trinajstić information content (AvgIpc) is 2.91. The van der Waals surface area contributed by atoms with Crippen LogP contribution in [0.5, 0.6) is 11.5 Å². The molecule has 0 radical (unpaired) electrons. The SMILES string of the molecule is CC.NCc1ccc(Oc2ccc3c(c2)B(O)OC3)cc1. The van der Waals surface area contributed by atoms with Crippen molar-refractivity contribution in [2.45, 2.75) is 27.0 Å². The zero-order valence-corrected chi connectivity index (χ0v) is 12.4. The van der Waals surface area contributed by atoms with Gasteiger partial charge in [0.1, 0.15) is 11.5 Å². The van der Waals surface area contributed by atoms with E-state index < -0.39 is 7.12 Å². The predicted octanol–water partition coefficient (Wildman–Crippen LogP) is 2.18. The highest BCUT2D eigenvalue weighted by Crippen LogP contribution is 2.23. The van der Waals surface area contributed by atoms with Gasteiger partial charge in [-0.25, -0.2) is 0 Å². The van der Waals surface area contributed by atoms with Gasteiger partial charge in [0.2, 0.25) is 0 Å². The predicted molar refractivity (Wildman–Crippen MR) is 84.6 cm³/mol. The second-order valence-corrected chi connectivity index (χ2v) is 4.47. The average molecular weight is 285 g/mol. The van der Waals surface area contributed by atoms with Gasteiger partial charge in [-0.15, -0.1) is 0 Å². The van der Waals surface area contributed by atoms with Gasteiger partial charge < -0.3 is 20.1 Å². The molecule has 5 heteroatoms. The van der Waals surface area contributed by atoms with Gasteiger partial charge in [-0.05, 0) is 40.9 Å². The third-order valence-corrected chi connectivity index (χ3v) is 3.17. The van der Waals surface area contributed by atoms with Gasteiger partial charge in [0, 0.05) is 6.54 Å². The quantitative estimate of drug-likeness (QED) is 0.848. The summed E-state index contributed by atoms with van der Waals surface area (Å²) in [4.78, 5) is 0. The molecule has 2 aromatic rings. The number of ether oxygens (including phenoxy) is 1. The van der Waals surface area contributed by atoms with Crippen LogP contribution < -0.4 is 15.9 Å². The lowest BCUT2D eigenvalue weighted by Gasteiger charge is -2.08. The van der Waals surface area contributed by atoms with E-state index in [1.807, 2.05) is 56.3 Å². The van der Waals surface area contributed by atoms with Crippen LogP contribution in [0, 0.1) is 0 Å². The highest BCUT2D eigenvalue weighted by molar-refractivity contribution is 6.61. The van der Waals surface area contributed by atoms with Crippen molar-refractivity contribution in [3.8, 4) is 11.5 Å². The highest BCUT2D eigenvalue weighted by atomic mass is 16.5. The number of rotatable bonds is 3. The lowest BCUT2D eigenvalue weighted by Crippen LogP contribution is -2.27. The molecule has 1 aliphatic heterocycles. The van der Waals surface area contributed by atoms with E-state index in [0.29, 0.717) is 18.9 Å². The molecule has 0 saturated heterocycles. The summed E-state index contributed by atoms with van der Waals surface area (Å²) < 4.78 is 10.9. The molecule has 0 atom stereocenters. The molecule has 0 amide bonds. The van der Waals surface area contributed by atoms with Crippen molar-refractivity contribution in [2.24, 2.45) is 5.73 Å². The van der Waals surface area contributed by atoms with Crippen LogP contribution in [0.15, 0.2) is 42.5 Å². The summed E-state index contributed by atoms with van der Waals surface area (Å²) in [7, 11) is -0.849. The van der Waals surface area contributed by atoms with Crippen LogP contribution in [0.25, 0.3) is 0 Å². The van der Waals surface area contributed by atoms with Crippen molar-refractivity contribution >= 4 is 12.6 Å². The number of hydrogen-bond donors (Lipinski definition) is 2. The third kappa shape index (κ3) is 3.64. The Balaban J connectivity index is 0.000000774. The zero-order valence-electron chi connectivity index (χ0n) is 12.4. The first kappa shape index (κ1) is 15.6. The first-order chi connectivity index (χ1) is 10.3. The van der Waals surface area contributed by atoms with E-state index >= 15 is 0 Å². The van der Waals surface area contributed by atoms with E-state index in [0.717, 1.165) is 22.3 Å². The maximum Gasteiger partial charge on any atom is 0.491 e. The van der Waals surface area contributed by atoms with Crippen molar-refractivity contribution in [3.05, 3.63) is 53.6 Å². The van der Waals surface area contributed by atoms with Crippen molar-refractivity contribution in [2.75, 3.05) is 0 Å². The van der Waals surface area contributed by atoms with Crippen molar-refractivity contribution < 1.29 is 14.4 Å². The van der Waals surface area contributed by atoms with Crippen LogP contribution in [0.4, 0.5) is 0 Å². The highest BCUT2D eigenvalue weighted by Gasteiger charge is 2.27. The summed E-state index contributed by atoms with van der Waals surface area (Å²) in [6.45, 7) is 4.96. The van der Waals surface area contributed by atoms with E-state index in [1.54, 1.807) is 0 Å². The summed E-state index contributed by atoms with van der Waals surface area (Å²) in [5, 5.41) is 9.65. The largest absolute Gasteiger partial charge is 0.491 e. The molecule has 1 heterocycles. The van der Waals surface area contributed by atoms with Crippen LogP contribution in [0.1, 0.15) is 25.0 Å². The molecule has 21 heavy (non-hydrogen) atoms. The fourth-order valence-electron chi connectivity index (χ4n) is 2.09. The number of nitrogens with two attached hydrogens (primary N) is 1. The molecule has 0 unspecified atom stereocenters. The minimum Gasteiger partial charge on any atom is -0.457 e. The van der Waals surface area contributed by atoms with Gasteiger partial charge >= 0.3 is 7.12 Å². The Morgan fingerprint density at radius 2 is 1.81 bits per heavy atom. The normalized spacial score (nSPS) is 12.5. The topological polar surface area (TPSA) is 64.7 Å². The van der Waals surface area contributed by atoms with Gasteiger partial charge in [0.15, 0.2) is 0 Å². The molecule has 0 fully saturated rings. The summed E-state index contributed by atoms with van der Waals surface area (Å²) in [6.07, 6.45) is 0. The van der Waals surface area contributed by atoms with Gasteiger partial charge in [-0.3, -0.25) is 0 Å². The molecule has 0 bridgehead atoms. The molecule has 1 aliphatic rings. The summed E-state index contributed by atoms with van der Waals surface area (Å²) >= 11 is 0. The Kier molecular flexibility index (Phi) is 5.39. The molecule has 0 saturated carbocycles. The lowest BCUT2D eigenvalue weighted by atomic mass is 9.79. The molecule has 0 aliphatic carbocycles. The molecule has 4 nitrogen and oxygen atoms in total. The van der Waals surface area contributed by atoms with Crippen LogP contribution in [-0.2, 0) is 17.8 Å². The van der Waals surface area contributed by atoms with Crippen LogP contribution >= 0.6 is 0 Å². The molecule has 3 N–H and O–H groups in total. The Labute approximate surface area is 125 Å². The molecule has 2 aromatic carbocycles. The van der Waals surface area contributed by atoms with Crippen molar-refractivity contribution in [3.63, 3.8) is 0 Å². The summed E-state index contributed by atoms with van der Waals surface area (Å²) in [5.41, 5.74) is 8.38. The first-order valence-electron chi connectivity index (χ1n) is 7.15. The minimum atomic E-state index is -0.849. The van der Waals surface area contributed by atoms with Crippen molar-refractivity contribution in [1.29, 1.82) is 0 Å². The van der Waals surface area contributed by atoms with E-state index in [-0.39, 0.29) is 0 Å². The zero-order chi connectivity index (χ0) is 15.2. The number of fused-ring (bicyclic) bond motifs is 1. The molecular weight excluding hydrogens is 265 g/mol. The van der Waals surface area contributed by atoms with Gasteiger partial charge in [-0.1, -0.05) is 32.0 Å².